The van der Waals surface area contributed by atoms with Crippen LogP contribution in [0.25, 0.3) is 0 Å². The van der Waals surface area contributed by atoms with E-state index in [1.54, 1.807) is 7.11 Å². The maximum Gasteiger partial charge on any atom is 0.137 e. The summed E-state index contributed by atoms with van der Waals surface area (Å²) in [6.45, 7) is 3.20. The van der Waals surface area contributed by atoms with Crippen LogP contribution in [0.2, 0.25) is 5.02 Å². The van der Waals surface area contributed by atoms with Gasteiger partial charge in [0.1, 0.15) is 5.75 Å². The van der Waals surface area contributed by atoms with Crippen molar-refractivity contribution < 1.29 is 4.74 Å². The van der Waals surface area contributed by atoms with Gasteiger partial charge in [-0.05, 0) is 24.6 Å². The zero-order chi connectivity index (χ0) is 11.1. The van der Waals surface area contributed by atoms with Crippen molar-refractivity contribution in [2.24, 2.45) is 0 Å². The molecule has 1 aromatic rings. The van der Waals surface area contributed by atoms with Crippen molar-refractivity contribution in [2.45, 2.75) is 26.2 Å². The molecule has 1 N–H and O–H groups in total. The van der Waals surface area contributed by atoms with E-state index < -0.39 is 0 Å². The van der Waals surface area contributed by atoms with Crippen LogP contribution in [-0.4, -0.2) is 13.7 Å². The predicted molar refractivity (Wildman–Crippen MR) is 66.0 cm³/mol. The lowest BCUT2D eigenvalue weighted by atomic mass is 10.2. The lowest BCUT2D eigenvalue weighted by Gasteiger charge is -2.08. The largest absolute Gasteiger partial charge is 0.495 e. The highest BCUT2D eigenvalue weighted by atomic mass is 35.5. The van der Waals surface area contributed by atoms with Gasteiger partial charge in [0.05, 0.1) is 12.1 Å². The second-order valence-corrected chi connectivity index (χ2v) is 3.89. The van der Waals surface area contributed by atoms with E-state index in [0.29, 0.717) is 5.02 Å². The number of unbranched alkanes of at least 4 members (excludes halogenated alkanes) is 2. The van der Waals surface area contributed by atoms with Gasteiger partial charge in [-0.15, -0.1) is 0 Å². The molecule has 0 unspecified atom stereocenters. The first-order chi connectivity index (χ1) is 7.27. The van der Waals surface area contributed by atoms with Crippen molar-refractivity contribution in [3.8, 4) is 5.75 Å². The van der Waals surface area contributed by atoms with Gasteiger partial charge in [0, 0.05) is 12.2 Å². The van der Waals surface area contributed by atoms with Crippen molar-refractivity contribution in [2.75, 3.05) is 19.0 Å². The summed E-state index contributed by atoms with van der Waals surface area (Å²) in [5.41, 5.74) is 1.05. The zero-order valence-corrected chi connectivity index (χ0v) is 10.1. The molecule has 0 atom stereocenters. The number of ether oxygens (including phenoxy) is 1. The van der Waals surface area contributed by atoms with Crippen LogP contribution in [0, 0.1) is 0 Å². The summed E-state index contributed by atoms with van der Waals surface area (Å²) in [6, 6.07) is 5.76. The Morgan fingerprint density at radius 3 is 2.73 bits per heavy atom. The highest BCUT2D eigenvalue weighted by Crippen LogP contribution is 2.27. The molecule has 84 valence electrons. The lowest BCUT2D eigenvalue weighted by Crippen LogP contribution is -2.01. The Labute approximate surface area is 96.6 Å². The Hall–Kier alpha value is -0.890. The summed E-state index contributed by atoms with van der Waals surface area (Å²) in [4.78, 5) is 0. The van der Waals surface area contributed by atoms with Crippen LogP contribution in [0.4, 0.5) is 5.69 Å². The molecular formula is C12H18ClNO. The number of methoxy groups -OCH3 is 1. The third-order valence-electron chi connectivity index (χ3n) is 2.26. The standard InChI is InChI=1S/C12H18ClNO/c1-3-4-5-8-14-10-6-7-12(15-2)11(13)9-10/h6-7,9,14H,3-5,8H2,1-2H3. The first kappa shape index (κ1) is 12.2. The summed E-state index contributed by atoms with van der Waals surface area (Å²) < 4.78 is 5.08. The van der Waals surface area contributed by atoms with Gasteiger partial charge in [0.15, 0.2) is 0 Å². The Morgan fingerprint density at radius 2 is 2.13 bits per heavy atom. The molecule has 0 spiro atoms. The quantitative estimate of drug-likeness (QED) is 0.743. The molecule has 0 saturated heterocycles. The fraction of sp³-hybridized carbons (Fsp3) is 0.500. The van der Waals surface area contributed by atoms with E-state index in [1.165, 1.54) is 19.3 Å². The van der Waals surface area contributed by atoms with Gasteiger partial charge in [-0.1, -0.05) is 31.4 Å². The van der Waals surface area contributed by atoms with Crippen molar-refractivity contribution in [1.29, 1.82) is 0 Å². The van der Waals surface area contributed by atoms with Gasteiger partial charge < -0.3 is 10.1 Å². The third kappa shape index (κ3) is 4.00. The Kier molecular flexibility index (Phi) is 5.33. The van der Waals surface area contributed by atoms with Crippen LogP contribution in [0.5, 0.6) is 5.75 Å². The van der Waals surface area contributed by atoms with Gasteiger partial charge in [0.25, 0.3) is 0 Å². The molecule has 15 heavy (non-hydrogen) atoms. The summed E-state index contributed by atoms with van der Waals surface area (Å²) in [6.07, 6.45) is 3.70. The third-order valence-corrected chi connectivity index (χ3v) is 2.56. The van der Waals surface area contributed by atoms with Crippen LogP contribution >= 0.6 is 11.6 Å². The van der Waals surface area contributed by atoms with E-state index in [2.05, 4.69) is 12.2 Å². The molecule has 0 heterocycles. The Bertz CT molecular complexity index is 302. The minimum Gasteiger partial charge on any atom is -0.495 e. The van der Waals surface area contributed by atoms with Crippen molar-refractivity contribution in [3.63, 3.8) is 0 Å². The van der Waals surface area contributed by atoms with Gasteiger partial charge >= 0.3 is 0 Å². The maximum atomic E-state index is 6.00. The van der Waals surface area contributed by atoms with Gasteiger partial charge in [-0.25, -0.2) is 0 Å². The zero-order valence-electron chi connectivity index (χ0n) is 9.35. The summed E-state index contributed by atoms with van der Waals surface area (Å²) >= 11 is 6.00. The second-order valence-electron chi connectivity index (χ2n) is 3.48. The summed E-state index contributed by atoms with van der Waals surface area (Å²) in [5.74, 6) is 0.718. The molecule has 2 nitrogen and oxygen atoms in total. The van der Waals surface area contributed by atoms with E-state index in [9.17, 15) is 0 Å². The second kappa shape index (κ2) is 6.57. The van der Waals surface area contributed by atoms with Crippen LogP contribution < -0.4 is 10.1 Å². The van der Waals surface area contributed by atoms with Crippen LogP contribution in [0.1, 0.15) is 26.2 Å². The molecule has 0 saturated carbocycles. The minimum absolute atomic E-state index is 0.651. The Morgan fingerprint density at radius 1 is 1.33 bits per heavy atom. The average molecular weight is 228 g/mol. The van der Waals surface area contributed by atoms with E-state index in [0.717, 1.165) is 18.0 Å². The fourth-order valence-electron chi connectivity index (χ4n) is 1.38. The van der Waals surface area contributed by atoms with Gasteiger partial charge in [-0.3, -0.25) is 0 Å². The topological polar surface area (TPSA) is 21.3 Å². The number of benzene rings is 1. The number of hydrogen-bond donors (Lipinski definition) is 1. The number of anilines is 1. The average Bonchev–Trinajstić information content (AvgIpc) is 2.25. The molecular weight excluding hydrogens is 210 g/mol. The van der Waals surface area contributed by atoms with Gasteiger partial charge in [0.2, 0.25) is 0 Å². The molecule has 1 aromatic carbocycles. The minimum atomic E-state index is 0.651. The highest BCUT2D eigenvalue weighted by molar-refractivity contribution is 6.32. The monoisotopic (exact) mass is 227 g/mol. The van der Waals surface area contributed by atoms with Crippen molar-refractivity contribution >= 4 is 17.3 Å². The number of nitrogens with one attached hydrogen (secondary N) is 1. The number of hydrogen-bond acceptors (Lipinski definition) is 2. The Balaban J connectivity index is 2.45. The molecule has 0 aliphatic heterocycles. The van der Waals surface area contributed by atoms with Gasteiger partial charge in [-0.2, -0.15) is 0 Å². The normalized spacial score (nSPS) is 10.1. The van der Waals surface area contributed by atoms with Crippen LogP contribution in [0.3, 0.4) is 0 Å². The predicted octanol–water partition coefficient (Wildman–Crippen LogP) is 3.95. The first-order valence-corrected chi connectivity index (χ1v) is 5.73. The molecule has 3 heteroatoms. The molecule has 0 aromatic heterocycles. The van der Waals surface area contributed by atoms with Crippen molar-refractivity contribution in [3.05, 3.63) is 23.2 Å². The van der Waals surface area contributed by atoms with E-state index in [-0.39, 0.29) is 0 Å². The molecule has 0 aliphatic rings. The number of halogens is 1. The van der Waals surface area contributed by atoms with E-state index >= 15 is 0 Å². The molecule has 0 bridgehead atoms. The molecule has 0 aliphatic carbocycles. The summed E-state index contributed by atoms with van der Waals surface area (Å²) in [5, 5.41) is 3.98. The van der Waals surface area contributed by atoms with E-state index in [4.69, 9.17) is 16.3 Å². The molecule has 1 rings (SSSR count). The summed E-state index contributed by atoms with van der Waals surface area (Å²) in [7, 11) is 1.62. The lowest BCUT2D eigenvalue weighted by molar-refractivity contribution is 0.415. The highest BCUT2D eigenvalue weighted by Gasteiger charge is 2.00. The SMILES string of the molecule is CCCCCNc1ccc(OC)c(Cl)c1. The van der Waals surface area contributed by atoms with Crippen LogP contribution in [0.15, 0.2) is 18.2 Å². The van der Waals surface area contributed by atoms with Crippen molar-refractivity contribution in [1.82, 2.24) is 0 Å². The van der Waals surface area contributed by atoms with Crippen LogP contribution in [-0.2, 0) is 0 Å². The fourth-order valence-corrected chi connectivity index (χ4v) is 1.64. The van der Waals surface area contributed by atoms with E-state index in [1.807, 2.05) is 18.2 Å². The molecule has 0 amide bonds. The first-order valence-electron chi connectivity index (χ1n) is 5.35. The number of rotatable bonds is 6. The molecule has 0 radical (unpaired) electrons. The smallest absolute Gasteiger partial charge is 0.137 e. The molecule has 0 fully saturated rings. The maximum absolute atomic E-state index is 6.00.